The number of azo groups is 1. The third-order valence-electron chi connectivity index (χ3n) is 3.43. The maximum Gasteiger partial charge on any atom is 0.335 e. The molecule has 2 aromatic carbocycles. The molecule has 3 aromatic rings. The number of benzene rings is 2. The van der Waals surface area contributed by atoms with E-state index in [0.717, 1.165) is 0 Å². The smallest absolute Gasteiger partial charge is 0.335 e. The maximum absolute atomic E-state index is 12.5. The van der Waals surface area contributed by atoms with Gasteiger partial charge in [0.05, 0.1) is 22.6 Å². The lowest BCUT2D eigenvalue weighted by molar-refractivity contribution is 0.0697. The average Bonchev–Trinajstić information content (AvgIpc) is 2.88. The van der Waals surface area contributed by atoms with Gasteiger partial charge in [0.15, 0.2) is 5.69 Å². The molecule has 7 nitrogen and oxygen atoms in total. The molecular weight excluding hydrogens is 308 g/mol. The van der Waals surface area contributed by atoms with Gasteiger partial charge in [-0.15, -0.1) is 5.11 Å². The zero-order chi connectivity index (χ0) is 17.1. The fourth-order valence-corrected chi connectivity index (χ4v) is 2.19. The van der Waals surface area contributed by atoms with E-state index < -0.39 is 5.97 Å². The van der Waals surface area contributed by atoms with Crippen molar-refractivity contribution in [1.29, 1.82) is 0 Å². The molecule has 2 N–H and O–H groups in total. The number of aromatic nitrogens is 2. The molecule has 0 saturated carbocycles. The van der Waals surface area contributed by atoms with Crippen LogP contribution in [0, 0.1) is 6.92 Å². The van der Waals surface area contributed by atoms with Crippen LogP contribution in [0.15, 0.2) is 69.6 Å². The summed E-state index contributed by atoms with van der Waals surface area (Å²) in [5, 5.41) is 19.8. The van der Waals surface area contributed by atoms with E-state index in [0.29, 0.717) is 17.1 Å². The highest BCUT2D eigenvalue weighted by Crippen LogP contribution is 2.19. The van der Waals surface area contributed by atoms with Gasteiger partial charge in [0.1, 0.15) is 0 Å². The molecule has 3 rings (SSSR count). The number of nitrogens with one attached hydrogen (secondary N) is 1. The lowest BCUT2D eigenvalue weighted by Crippen LogP contribution is -2.13. The van der Waals surface area contributed by atoms with Crippen molar-refractivity contribution in [3.63, 3.8) is 0 Å². The molecule has 0 aliphatic carbocycles. The lowest BCUT2D eigenvalue weighted by Gasteiger charge is -1.99. The van der Waals surface area contributed by atoms with Crippen LogP contribution in [0.5, 0.6) is 0 Å². The summed E-state index contributed by atoms with van der Waals surface area (Å²) in [5.41, 5.74) is 1.84. The number of carboxylic acids is 1. The summed E-state index contributed by atoms with van der Waals surface area (Å²) in [6.45, 7) is 1.74. The summed E-state index contributed by atoms with van der Waals surface area (Å²) < 4.78 is 1.40. The number of nitrogens with zero attached hydrogens (tertiary/aromatic N) is 3. The number of aromatic amines is 1. The van der Waals surface area contributed by atoms with E-state index in [1.54, 1.807) is 6.92 Å². The second kappa shape index (κ2) is 6.33. The fourth-order valence-electron chi connectivity index (χ4n) is 2.19. The Hall–Kier alpha value is -3.48. The monoisotopic (exact) mass is 322 g/mol. The Bertz CT molecular complexity index is 954. The van der Waals surface area contributed by atoms with Gasteiger partial charge in [-0.2, -0.15) is 5.11 Å². The van der Waals surface area contributed by atoms with Crippen LogP contribution in [0.25, 0.3) is 5.69 Å². The Balaban J connectivity index is 1.92. The summed E-state index contributed by atoms with van der Waals surface area (Å²) in [6.07, 6.45) is 0. The molecule has 1 aromatic heterocycles. The number of aryl methyl sites for hydroxylation is 1. The van der Waals surface area contributed by atoms with Crippen molar-refractivity contribution >= 4 is 17.3 Å². The molecule has 0 atom stereocenters. The van der Waals surface area contributed by atoms with E-state index in [9.17, 15) is 9.59 Å². The largest absolute Gasteiger partial charge is 0.478 e. The van der Waals surface area contributed by atoms with Crippen molar-refractivity contribution in [3.8, 4) is 5.69 Å². The summed E-state index contributed by atoms with van der Waals surface area (Å²) >= 11 is 0. The Labute approximate surface area is 136 Å². The molecule has 7 heteroatoms. The van der Waals surface area contributed by atoms with Gasteiger partial charge in [-0.1, -0.05) is 18.2 Å². The maximum atomic E-state index is 12.5. The number of carboxylic acid groups (broad SMARTS) is 1. The molecule has 0 aliphatic heterocycles. The predicted molar refractivity (Wildman–Crippen MR) is 88.7 cm³/mol. The summed E-state index contributed by atoms with van der Waals surface area (Å²) in [6, 6.07) is 15.1. The second-order valence-electron chi connectivity index (χ2n) is 5.11. The van der Waals surface area contributed by atoms with Gasteiger partial charge in [-0.05, 0) is 43.3 Å². The van der Waals surface area contributed by atoms with Crippen LogP contribution in [-0.4, -0.2) is 20.9 Å². The SMILES string of the molecule is Cc1[nH]n(-c2ccccc2)c(=O)c1N=Nc1ccc(C(=O)O)cc1. The number of rotatable bonds is 4. The number of hydrogen-bond acceptors (Lipinski definition) is 4. The molecule has 0 saturated heterocycles. The second-order valence-corrected chi connectivity index (χ2v) is 5.11. The molecule has 0 unspecified atom stereocenters. The van der Waals surface area contributed by atoms with Crippen molar-refractivity contribution in [1.82, 2.24) is 9.78 Å². The van der Waals surface area contributed by atoms with Crippen molar-refractivity contribution in [2.75, 3.05) is 0 Å². The zero-order valence-electron chi connectivity index (χ0n) is 12.8. The molecule has 0 fully saturated rings. The highest BCUT2D eigenvalue weighted by Gasteiger charge is 2.11. The molecule has 0 amide bonds. The van der Waals surface area contributed by atoms with Gasteiger partial charge in [-0.3, -0.25) is 9.89 Å². The van der Waals surface area contributed by atoms with Gasteiger partial charge in [0, 0.05) is 0 Å². The third kappa shape index (κ3) is 3.00. The van der Waals surface area contributed by atoms with Crippen LogP contribution >= 0.6 is 0 Å². The molecule has 0 aliphatic rings. The van der Waals surface area contributed by atoms with Gasteiger partial charge in [0.25, 0.3) is 5.56 Å². The van der Waals surface area contributed by atoms with E-state index in [1.807, 2.05) is 30.3 Å². The molecule has 120 valence electrons. The number of H-pyrrole nitrogens is 1. The molecule has 0 radical (unpaired) electrons. The summed E-state index contributed by atoms with van der Waals surface area (Å²) in [5.74, 6) is -1.01. The van der Waals surface area contributed by atoms with Crippen LogP contribution in [0.3, 0.4) is 0 Å². The van der Waals surface area contributed by atoms with Gasteiger partial charge in [-0.25, -0.2) is 9.48 Å². The Morgan fingerprint density at radius 2 is 1.71 bits per heavy atom. The van der Waals surface area contributed by atoms with Crippen molar-refractivity contribution in [2.45, 2.75) is 6.92 Å². The first-order valence-corrected chi connectivity index (χ1v) is 7.18. The minimum Gasteiger partial charge on any atom is -0.478 e. The fraction of sp³-hybridized carbons (Fsp3) is 0.0588. The number of para-hydroxylation sites is 1. The van der Waals surface area contributed by atoms with Crippen LogP contribution < -0.4 is 5.56 Å². The predicted octanol–water partition coefficient (Wildman–Crippen LogP) is 3.59. The van der Waals surface area contributed by atoms with E-state index in [4.69, 9.17) is 5.11 Å². The van der Waals surface area contributed by atoms with Gasteiger partial charge in [0.2, 0.25) is 0 Å². The summed E-state index contributed by atoms with van der Waals surface area (Å²) in [4.78, 5) is 23.3. The number of hydrogen-bond donors (Lipinski definition) is 2. The normalized spacial score (nSPS) is 11.0. The topological polar surface area (TPSA) is 99.8 Å². The Morgan fingerprint density at radius 1 is 1.04 bits per heavy atom. The van der Waals surface area contributed by atoms with Crippen LogP contribution in [0.1, 0.15) is 16.1 Å². The molecule has 24 heavy (non-hydrogen) atoms. The lowest BCUT2D eigenvalue weighted by atomic mass is 10.2. The molecule has 0 spiro atoms. The molecule has 0 bridgehead atoms. The first-order valence-electron chi connectivity index (χ1n) is 7.18. The Kier molecular flexibility index (Phi) is 4.07. The highest BCUT2D eigenvalue weighted by molar-refractivity contribution is 5.87. The van der Waals surface area contributed by atoms with E-state index in [-0.39, 0.29) is 16.8 Å². The minimum atomic E-state index is -1.01. The highest BCUT2D eigenvalue weighted by atomic mass is 16.4. The van der Waals surface area contributed by atoms with Crippen LogP contribution in [0.2, 0.25) is 0 Å². The minimum absolute atomic E-state index is 0.165. The van der Waals surface area contributed by atoms with E-state index in [1.165, 1.54) is 28.9 Å². The standard InChI is InChI=1S/C17H14N4O3/c1-11-15(16(22)21(20-11)14-5-3-2-4-6-14)19-18-13-9-7-12(8-10-13)17(23)24/h2-10,20H,1H3,(H,23,24). The van der Waals surface area contributed by atoms with E-state index in [2.05, 4.69) is 15.3 Å². The van der Waals surface area contributed by atoms with Crippen LogP contribution in [-0.2, 0) is 0 Å². The Morgan fingerprint density at radius 3 is 2.33 bits per heavy atom. The number of aromatic carboxylic acids is 1. The van der Waals surface area contributed by atoms with Gasteiger partial charge < -0.3 is 5.11 Å². The van der Waals surface area contributed by atoms with Crippen molar-refractivity contribution in [3.05, 3.63) is 76.2 Å². The summed E-state index contributed by atoms with van der Waals surface area (Å²) in [7, 11) is 0. The third-order valence-corrected chi connectivity index (χ3v) is 3.43. The number of carbonyl (C=O) groups is 1. The van der Waals surface area contributed by atoms with Crippen LogP contribution in [0.4, 0.5) is 11.4 Å². The molecule has 1 heterocycles. The quantitative estimate of drug-likeness (QED) is 0.718. The average molecular weight is 322 g/mol. The first kappa shape index (κ1) is 15.4. The van der Waals surface area contributed by atoms with Crippen molar-refractivity contribution in [2.24, 2.45) is 10.2 Å². The van der Waals surface area contributed by atoms with Gasteiger partial charge >= 0.3 is 5.97 Å². The molecular formula is C17H14N4O3. The van der Waals surface area contributed by atoms with Crippen molar-refractivity contribution < 1.29 is 9.90 Å². The zero-order valence-corrected chi connectivity index (χ0v) is 12.8. The van der Waals surface area contributed by atoms with E-state index >= 15 is 0 Å². The first-order chi connectivity index (χ1) is 11.6.